The molecule has 2 aliphatic heterocycles. The van der Waals surface area contributed by atoms with E-state index in [9.17, 15) is 4.79 Å². The van der Waals surface area contributed by atoms with Crippen LogP contribution in [0, 0.1) is 0 Å². The molecule has 7 nitrogen and oxygen atoms in total. The fraction of sp³-hybridized carbons (Fsp3) is 0.562. The topological polar surface area (TPSA) is 86.9 Å². The van der Waals surface area contributed by atoms with E-state index in [0.29, 0.717) is 12.2 Å². The van der Waals surface area contributed by atoms with E-state index >= 15 is 0 Å². The summed E-state index contributed by atoms with van der Waals surface area (Å²) in [6.07, 6.45) is 4.50. The van der Waals surface area contributed by atoms with E-state index in [1.54, 1.807) is 0 Å². The fourth-order valence-corrected chi connectivity index (χ4v) is 3.59. The van der Waals surface area contributed by atoms with Crippen molar-refractivity contribution in [1.29, 1.82) is 0 Å². The lowest BCUT2D eigenvalue weighted by Gasteiger charge is -2.26. The first-order valence-corrected chi connectivity index (χ1v) is 8.17. The second-order valence-electron chi connectivity index (χ2n) is 6.44. The largest absolute Gasteiger partial charge is 0.369 e. The molecule has 2 aromatic rings. The van der Waals surface area contributed by atoms with Gasteiger partial charge >= 0.3 is 0 Å². The number of aromatic amines is 2. The van der Waals surface area contributed by atoms with E-state index in [2.05, 4.69) is 20.4 Å². The highest BCUT2D eigenvalue weighted by Crippen LogP contribution is 2.31. The van der Waals surface area contributed by atoms with Crippen LogP contribution in [-0.2, 0) is 24.1 Å². The van der Waals surface area contributed by atoms with E-state index < -0.39 is 0 Å². The van der Waals surface area contributed by atoms with Gasteiger partial charge in [-0.2, -0.15) is 10.2 Å². The lowest BCUT2D eigenvalue weighted by molar-refractivity contribution is -0.00702. The second kappa shape index (κ2) is 5.49. The summed E-state index contributed by atoms with van der Waals surface area (Å²) in [4.78, 5) is 14.9. The number of rotatable bonds is 1. The van der Waals surface area contributed by atoms with Gasteiger partial charge in [-0.25, -0.2) is 0 Å². The van der Waals surface area contributed by atoms with Crippen LogP contribution in [0.1, 0.15) is 59.4 Å². The number of hydrogen-bond donors (Lipinski definition) is 2. The molecule has 0 aromatic carbocycles. The van der Waals surface area contributed by atoms with E-state index in [0.717, 1.165) is 48.3 Å². The summed E-state index contributed by atoms with van der Waals surface area (Å²) in [6.45, 7) is 5.35. The van der Waals surface area contributed by atoms with Crippen LogP contribution < -0.4 is 0 Å². The van der Waals surface area contributed by atoms with Crippen LogP contribution in [-0.4, -0.2) is 43.9 Å². The highest BCUT2D eigenvalue weighted by molar-refractivity contribution is 5.94. The highest BCUT2D eigenvalue weighted by Gasteiger charge is 2.32. The van der Waals surface area contributed by atoms with Crippen molar-refractivity contribution in [3.8, 4) is 0 Å². The number of carbonyl (C=O) groups excluding carboxylic acids is 1. The Bertz CT molecular complexity index is 735. The number of amides is 1. The van der Waals surface area contributed by atoms with Crippen molar-refractivity contribution >= 4 is 5.91 Å². The van der Waals surface area contributed by atoms with Gasteiger partial charge in [-0.3, -0.25) is 15.0 Å². The number of carbonyl (C=O) groups is 1. The summed E-state index contributed by atoms with van der Waals surface area (Å²) < 4.78 is 5.80. The average Bonchev–Trinajstić information content (AvgIpc) is 3.08. The molecule has 2 N–H and O–H groups in total. The first-order valence-electron chi connectivity index (χ1n) is 8.17. The molecule has 0 fully saturated rings. The first kappa shape index (κ1) is 14.4. The van der Waals surface area contributed by atoms with Gasteiger partial charge in [0.15, 0.2) is 5.69 Å². The van der Waals surface area contributed by atoms with Gasteiger partial charge in [0.2, 0.25) is 0 Å². The van der Waals surface area contributed by atoms with Crippen molar-refractivity contribution in [1.82, 2.24) is 25.3 Å². The lowest BCUT2D eigenvalue weighted by Crippen LogP contribution is -2.32. The Labute approximate surface area is 134 Å². The zero-order valence-electron chi connectivity index (χ0n) is 13.4. The summed E-state index contributed by atoms with van der Waals surface area (Å²) in [7, 11) is 0. The van der Waals surface area contributed by atoms with Crippen LogP contribution in [0.25, 0.3) is 0 Å². The number of fused-ring (bicyclic) bond motifs is 2. The number of H-pyrrole nitrogens is 2. The maximum Gasteiger partial charge on any atom is 0.274 e. The van der Waals surface area contributed by atoms with Gasteiger partial charge in [0, 0.05) is 36.8 Å². The number of nitrogens with zero attached hydrogens (tertiary/aromatic N) is 3. The number of aromatic nitrogens is 4. The average molecular weight is 315 g/mol. The third kappa shape index (κ3) is 2.45. The predicted octanol–water partition coefficient (Wildman–Crippen LogP) is 1.74. The van der Waals surface area contributed by atoms with E-state index in [1.807, 2.05) is 24.9 Å². The SMILES string of the molecule is C[C@@H]1Cc2c(C(=O)N3CCCc4n[nH]cc4C3)n[nH]c2[C@H](C)O1. The van der Waals surface area contributed by atoms with Gasteiger partial charge < -0.3 is 9.64 Å². The monoisotopic (exact) mass is 315 g/mol. The number of aryl methyl sites for hydroxylation is 1. The van der Waals surface area contributed by atoms with Crippen molar-refractivity contribution in [3.05, 3.63) is 34.4 Å². The maximum atomic E-state index is 13.0. The summed E-state index contributed by atoms with van der Waals surface area (Å²) >= 11 is 0. The Balaban J connectivity index is 1.63. The van der Waals surface area contributed by atoms with Gasteiger partial charge in [-0.05, 0) is 26.7 Å². The van der Waals surface area contributed by atoms with E-state index in [4.69, 9.17) is 4.74 Å². The molecule has 0 radical (unpaired) electrons. The Kier molecular flexibility index (Phi) is 3.45. The number of ether oxygens (including phenoxy) is 1. The molecular weight excluding hydrogens is 294 g/mol. The minimum absolute atomic E-state index is 0.00199. The number of nitrogens with one attached hydrogen (secondary N) is 2. The molecule has 0 unspecified atom stereocenters. The zero-order valence-corrected chi connectivity index (χ0v) is 13.4. The molecule has 2 aromatic heterocycles. The molecule has 23 heavy (non-hydrogen) atoms. The molecule has 0 bridgehead atoms. The van der Waals surface area contributed by atoms with Crippen LogP contribution >= 0.6 is 0 Å². The molecule has 7 heteroatoms. The van der Waals surface area contributed by atoms with Crippen LogP contribution in [0.15, 0.2) is 6.20 Å². The van der Waals surface area contributed by atoms with Crippen LogP contribution in [0.2, 0.25) is 0 Å². The molecular formula is C16H21N5O2. The molecule has 0 aliphatic carbocycles. The van der Waals surface area contributed by atoms with Crippen LogP contribution in [0.4, 0.5) is 0 Å². The summed E-state index contributed by atoms with van der Waals surface area (Å²) in [5.41, 5.74) is 4.67. The Morgan fingerprint density at radius 2 is 2.26 bits per heavy atom. The smallest absolute Gasteiger partial charge is 0.274 e. The van der Waals surface area contributed by atoms with Gasteiger partial charge in [0.25, 0.3) is 5.91 Å². The van der Waals surface area contributed by atoms with Crippen molar-refractivity contribution in [2.45, 2.75) is 51.9 Å². The Hall–Kier alpha value is -2.15. The van der Waals surface area contributed by atoms with Crippen molar-refractivity contribution in [2.24, 2.45) is 0 Å². The predicted molar refractivity (Wildman–Crippen MR) is 82.9 cm³/mol. The van der Waals surface area contributed by atoms with Gasteiger partial charge in [-0.15, -0.1) is 0 Å². The molecule has 0 spiro atoms. The first-order chi connectivity index (χ1) is 11.1. The molecule has 4 heterocycles. The number of hydrogen-bond acceptors (Lipinski definition) is 4. The molecule has 2 atom stereocenters. The van der Waals surface area contributed by atoms with Gasteiger partial charge in [0.05, 0.1) is 23.6 Å². The molecule has 4 rings (SSSR count). The van der Waals surface area contributed by atoms with E-state index in [-0.39, 0.29) is 18.1 Å². The molecule has 0 saturated heterocycles. The van der Waals surface area contributed by atoms with Crippen molar-refractivity contribution in [3.63, 3.8) is 0 Å². The van der Waals surface area contributed by atoms with Crippen molar-refractivity contribution in [2.75, 3.05) is 6.54 Å². The molecule has 2 aliphatic rings. The fourth-order valence-electron chi connectivity index (χ4n) is 3.59. The second-order valence-corrected chi connectivity index (χ2v) is 6.44. The summed E-state index contributed by atoms with van der Waals surface area (Å²) in [5.74, 6) is -0.00199. The Morgan fingerprint density at radius 1 is 1.39 bits per heavy atom. The third-order valence-electron chi connectivity index (χ3n) is 4.74. The molecule has 1 amide bonds. The third-order valence-corrected chi connectivity index (χ3v) is 4.74. The van der Waals surface area contributed by atoms with Crippen LogP contribution in [0.5, 0.6) is 0 Å². The molecule has 0 saturated carbocycles. The van der Waals surface area contributed by atoms with Gasteiger partial charge in [0.1, 0.15) is 0 Å². The van der Waals surface area contributed by atoms with Gasteiger partial charge in [-0.1, -0.05) is 0 Å². The Morgan fingerprint density at radius 3 is 3.13 bits per heavy atom. The standard InChI is InChI=1S/C16H21N5O2/c1-9-6-12-14(10(2)23-9)19-20-15(12)16(22)21-5-3-4-13-11(8-21)7-17-18-13/h7,9-10H,3-6,8H2,1-2H3,(H,17,18)(H,19,20)/t9-,10+/m1/s1. The molecule has 122 valence electrons. The maximum absolute atomic E-state index is 13.0. The van der Waals surface area contributed by atoms with Crippen molar-refractivity contribution < 1.29 is 9.53 Å². The van der Waals surface area contributed by atoms with Crippen LogP contribution in [0.3, 0.4) is 0 Å². The quantitative estimate of drug-likeness (QED) is 0.839. The summed E-state index contributed by atoms with van der Waals surface area (Å²) in [5, 5.41) is 14.5. The minimum atomic E-state index is -0.0487. The normalized spacial score (nSPS) is 24.0. The minimum Gasteiger partial charge on any atom is -0.369 e. The zero-order chi connectivity index (χ0) is 16.0. The lowest BCUT2D eigenvalue weighted by atomic mass is 9.99. The summed E-state index contributed by atoms with van der Waals surface area (Å²) in [6, 6.07) is 0. The van der Waals surface area contributed by atoms with E-state index in [1.165, 1.54) is 0 Å². The highest BCUT2D eigenvalue weighted by atomic mass is 16.5.